The van der Waals surface area contributed by atoms with Gasteiger partial charge in [0.1, 0.15) is 6.10 Å². The number of hydrogen-bond acceptors (Lipinski definition) is 5. The van der Waals surface area contributed by atoms with Crippen molar-refractivity contribution in [3.8, 4) is 5.88 Å². The van der Waals surface area contributed by atoms with Crippen molar-refractivity contribution >= 4 is 0 Å². The Morgan fingerprint density at radius 3 is 3.00 bits per heavy atom. The van der Waals surface area contributed by atoms with Crippen molar-refractivity contribution in [2.75, 3.05) is 6.54 Å². The lowest BCUT2D eigenvalue weighted by Gasteiger charge is -2.21. The van der Waals surface area contributed by atoms with Crippen LogP contribution < -0.4 is 10.1 Å². The molecule has 1 aromatic heterocycles. The van der Waals surface area contributed by atoms with Gasteiger partial charge in [-0.3, -0.25) is 10.3 Å². The van der Waals surface area contributed by atoms with Crippen LogP contribution in [0.4, 0.5) is 0 Å². The minimum Gasteiger partial charge on any atom is -0.455 e. The average Bonchev–Trinajstić information content (AvgIpc) is 2.25. The van der Waals surface area contributed by atoms with Gasteiger partial charge >= 0.3 is 0 Å². The van der Waals surface area contributed by atoms with E-state index in [9.17, 15) is 5.11 Å². The number of nitrogens with one attached hydrogen (secondary N) is 1. The second-order valence-electron chi connectivity index (χ2n) is 3.02. The summed E-state index contributed by atoms with van der Waals surface area (Å²) in [7, 11) is 0. The minimum atomic E-state index is -0.646. The number of rotatable bonds is 6. The van der Waals surface area contributed by atoms with Gasteiger partial charge < -0.3 is 9.84 Å². The van der Waals surface area contributed by atoms with Crippen molar-refractivity contribution < 1.29 is 9.84 Å². The maximum absolute atomic E-state index is 9.43. The van der Waals surface area contributed by atoms with Crippen LogP contribution in [0.15, 0.2) is 31.2 Å². The molecule has 1 heterocycles. The quantitative estimate of drug-likeness (QED) is 0.522. The Kier molecular flexibility index (Phi) is 4.73. The summed E-state index contributed by atoms with van der Waals surface area (Å²) in [6, 6.07) is 0. The minimum absolute atomic E-state index is 0.375. The highest BCUT2D eigenvalue weighted by Crippen LogP contribution is 2.05. The zero-order valence-corrected chi connectivity index (χ0v) is 8.63. The standard InChI is InChI=1S/C10H15N3O2/c1-3-4-13-10(8(2)14)15-9-7-11-5-6-12-9/h3,5-8,10,13-14H,1,4H2,2H3. The predicted octanol–water partition coefficient (Wildman–Crippen LogP) is 0.338. The Labute approximate surface area is 88.8 Å². The van der Waals surface area contributed by atoms with Gasteiger partial charge in [0, 0.05) is 18.9 Å². The fraction of sp³-hybridized carbons (Fsp3) is 0.400. The van der Waals surface area contributed by atoms with Gasteiger partial charge in [-0.1, -0.05) is 6.08 Å². The van der Waals surface area contributed by atoms with E-state index >= 15 is 0 Å². The van der Waals surface area contributed by atoms with E-state index in [-0.39, 0.29) is 0 Å². The van der Waals surface area contributed by atoms with E-state index < -0.39 is 12.3 Å². The van der Waals surface area contributed by atoms with E-state index in [0.717, 1.165) is 0 Å². The van der Waals surface area contributed by atoms with Crippen LogP contribution in [-0.4, -0.2) is 34.0 Å². The Hall–Kier alpha value is -1.46. The molecule has 2 N–H and O–H groups in total. The molecule has 0 amide bonds. The molecule has 2 unspecified atom stereocenters. The van der Waals surface area contributed by atoms with Crippen molar-refractivity contribution in [2.24, 2.45) is 0 Å². The molecule has 5 nitrogen and oxygen atoms in total. The maximum atomic E-state index is 9.43. The smallest absolute Gasteiger partial charge is 0.233 e. The monoisotopic (exact) mass is 209 g/mol. The molecular weight excluding hydrogens is 194 g/mol. The molecule has 1 rings (SSSR count). The highest BCUT2D eigenvalue weighted by Gasteiger charge is 2.15. The number of aliphatic hydroxyl groups excluding tert-OH is 1. The average molecular weight is 209 g/mol. The van der Waals surface area contributed by atoms with Gasteiger partial charge in [0.2, 0.25) is 5.88 Å². The molecule has 1 aromatic rings. The van der Waals surface area contributed by atoms with Gasteiger partial charge in [-0.2, -0.15) is 0 Å². The SMILES string of the molecule is C=CCNC(Oc1cnccn1)C(C)O. The van der Waals surface area contributed by atoms with Gasteiger partial charge in [-0.05, 0) is 6.92 Å². The van der Waals surface area contributed by atoms with Gasteiger partial charge in [0.15, 0.2) is 6.23 Å². The molecule has 0 spiro atoms. The van der Waals surface area contributed by atoms with Crippen LogP contribution in [0.2, 0.25) is 0 Å². The number of aromatic nitrogens is 2. The molecule has 0 saturated carbocycles. The molecule has 0 aliphatic rings. The molecule has 82 valence electrons. The van der Waals surface area contributed by atoms with E-state index in [1.54, 1.807) is 19.2 Å². The fourth-order valence-electron chi connectivity index (χ4n) is 0.987. The number of nitrogens with zero attached hydrogens (tertiary/aromatic N) is 2. The first-order chi connectivity index (χ1) is 7.24. The highest BCUT2D eigenvalue weighted by atomic mass is 16.5. The summed E-state index contributed by atoms with van der Waals surface area (Å²) >= 11 is 0. The van der Waals surface area contributed by atoms with Crippen LogP contribution in [0.25, 0.3) is 0 Å². The van der Waals surface area contributed by atoms with E-state index in [2.05, 4.69) is 21.9 Å². The van der Waals surface area contributed by atoms with Gasteiger partial charge in [0.05, 0.1) is 6.20 Å². The van der Waals surface area contributed by atoms with Crippen LogP contribution in [0, 0.1) is 0 Å². The lowest BCUT2D eigenvalue weighted by Crippen LogP contribution is -2.43. The molecule has 0 aliphatic heterocycles. The lowest BCUT2D eigenvalue weighted by atomic mass is 10.3. The first kappa shape index (κ1) is 11.6. The Morgan fingerprint density at radius 2 is 2.47 bits per heavy atom. The molecule has 0 aliphatic carbocycles. The van der Waals surface area contributed by atoms with Crippen LogP contribution in [0.5, 0.6) is 5.88 Å². The van der Waals surface area contributed by atoms with Crippen molar-refractivity contribution in [2.45, 2.75) is 19.3 Å². The summed E-state index contributed by atoms with van der Waals surface area (Å²) in [5.74, 6) is 0.375. The summed E-state index contributed by atoms with van der Waals surface area (Å²) in [4.78, 5) is 7.81. The van der Waals surface area contributed by atoms with Gasteiger partial charge in [-0.25, -0.2) is 4.98 Å². The Balaban J connectivity index is 2.54. The normalized spacial score (nSPS) is 14.3. The molecule has 0 aromatic carbocycles. The third-order valence-electron chi connectivity index (χ3n) is 1.69. The third-order valence-corrected chi connectivity index (χ3v) is 1.69. The summed E-state index contributed by atoms with van der Waals surface area (Å²) in [6.07, 6.45) is 5.11. The zero-order valence-electron chi connectivity index (χ0n) is 8.63. The molecular formula is C10H15N3O2. The van der Waals surface area contributed by atoms with Crippen LogP contribution in [0.3, 0.4) is 0 Å². The van der Waals surface area contributed by atoms with Crippen molar-refractivity contribution in [3.63, 3.8) is 0 Å². The fourth-order valence-corrected chi connectivity index (χ4v) is 0.987. The summed E-state index contributed by atoms with van der Waals surface area (Å²) < 4.78 is 5.40. The largest absolute Gasteiger partial charge is 0.455 e. The molecule has 2 atom stereocenters. The van der Waals surface area contributed by atoms with Crippen LogP contribution in [-0.2, 0) is 0 Å². The summed E-state index contributed by atoms with van der Waals surface area (Å²) in [5, 5.41) is 12.4. The highest BCUT2D eigenvalue weighted by molar-refractivity contribution is 5.02. The predicted molar refractivity (Wildman–Crippen MR) is 56.3 cm³/mol. The Bertz CT molecular complexity index is 290. The first-order valence-corrected chi connectivity index (χ1v) is 4.69. The molecule has 0 fully saturated rings. The van der Waals surface area contributed by atoms with Crippen LogP contribution in [0.1, 0.15) is 6.92 Å². The second-order valence-corrected chi connectivity index (χ2v) is 3.02. The van der Waals surface area contributed by atoms with E-state index in [0.29, 0.717) is 12.4 Å². The van der Waals surface area contributed by atoms with Crippen LogP contribution >= 0.6 is 0 Å². The third kappa shape index (κ3) is 4.05. The molecule has 5 heteroatoms. The second kappa shape index (κ2) is 6.10. The molecule has 0 radical (unpaired) electrons. The topological polar surface area (TPSA) is 67.3 Å². The lowest BCUT2D eigenvalue weighted by molar-refractivity contribution is 0.0262. The van der Waals surface area contributed by atoms with Crippen molar-refractivity contribution in [3.05, 3.63) is 31.2 Å². The van der Waals surface area contributed by atoms with Gasteiger partial charge in [-0.15, -0.1) is 6.58 Å². The number of aliphatic hydroxyl groups is 1. The van der Waals surface area contributed by atoms with Gasteiger partial charge in [0.25, 0.3) is 0 Å². The van der Waals surface area contributed by atoms with E-state index in [1.165, 1.54) is 12.4 Å². The van der Waals surface area contributed by atoms with Crippen molar-refractivity contribution in [1.29, 1.82) is 0 Å². The van der Waals surface area contributed by atoms with E-state index in [4.69, 9.17) is 4.74 Å². The summed E-state index contributed by atoms with van der Waals surface area (Å²) in [6.45, 7) is 5.76. The number of hydrogen-bond donors (Lipinski definition) is 2. The van der Waals surface area contributed by atoms with E-state index in [1.807, 2.05) is 0 Å². The summed E-state index contributed by atoms with van der Waals surface area (Å²) in [5.41, 5.74) is 0. The molecule has 15 heavy (non-hydrogen) atoms. The first-order valence-electron chi connectivity index (χ1n) is 4.69. The maximum Gasteiger partial charge on any atom is 0.233 e. The molecule has 0 bridgehead atoms. The zero-order chi connectivity index (χ0) is 11.1. The van der Waals surface area contributed by atoms with Crippen molar-refractivity contribution in [1.82, 2.24) is 15.3 Å². The molecule has 0 saturated heterocycles. The number of ether oxygens (including phenoxy) is 1. The Morgan fingerprint density at radius 1 is 1.67 bits per heavy atom.